The number of aromatic nitrogens is 2. The summed E-state index contributed by atoms with van der Waals surface area (Å²) in [5.74, 6) is 0.270. The van der Waals surface area contributed by atoms with Gasteiger partial charge >= 0.3 is 12.4 Å². The van der Waals surface area contributed by atoms with Gasteiger partial charge in [0.2, 0.25) is 0 Å². The van der Waals surface area contributed by atoms with Crippen molar-refractivity contribution in [3.8, 4) is 5.69 Å². The average molecular weight is 527 g/mol. The maximum atomic E-state index is 13.2. The molecule has 36 heavy (non-hydrogen) atoms. The van der Waals surface area contributed by atoms with E-state index in [0.29, 0.717) is 5.52 Å². The van der Waals surface area contributed by atoms with Gasteiger partial charge in [-0.15, -0.1) is 0 Å². The lowest BCUT2D eigenvalue weighted by molar-refractivity contribution is -0.143. The van der Waals surface area contributed by atoms with Gasteiger partial charge in [0.05, 0.1) is 38.3 Å². The maximum Gasteiger partial charge on any atom is 0.416 e. The number of hydrogen-bond acceptors (Lipinski definition) is 4. The van der Waals surface area contributed by atoms with Gasteiger partial charge in [0.25, 0.3) is 15.6 Å². The third-order valence-electron chi connectivity index (χ3n) is 5.17. The van der Waals surface area contributed by atoms with Gasteiger partial charge in [0.1, 0.15) is 5.82 Å². The quantitative estimate of drug-likeness (QED) is 0.354. The van der Waals surface area contributed by atoms with E-state index in [-0.39, 0.29) is 40.8 Å². The number of alkyl halides is 6. The van der Waals surface area contributed by atoms with Crippen molar-refractivity contribution in [2.75, 3.05) is 4.72 Å². The van der Waals surface area contributed by atoms with Crippen LogP contribution in [0.3, 0.4) is 0 Å². The fourth-order valence-electron chi connectivity index (χ4n) is 3.55. The molecule has 0 spiro atoms. The van der Waals surface area contributed by atoms with E-state index in [1.165, 1.54) is 28.8 Å². The number of aryl methyl sites for hydroxylation is 1. The van der Waals surface area contributed by atoms with Crippen molar-refractivity contribution in [2.45, 2.75) is 24.2 Å². The topological polar surface area (TPSA) is 81.1 Å². The molecule has 0 aliphatic carbocycles. The summed E-state index contributed by atoms with van der Waals surface area (Å²) in [6.45, 7) is 1.55. The minimum Gasteiger partial charge on any atom is -0.280 e. The van der Waals surface area contributed by atoms with Crippen LogP contribution in [0.2, 0.25) is 0 Å². The Morgan fingerprint density at radius 2 is 1.44 bits per heavy atom. The molecule has 3 aromatic carbocycles. The Labute approximate surface area is 199 Å². The van der Waals surface area contributed by atoms with E-state index < -0.39 is 44.0 Å². The first-order chi connectivity index (χ1) is 16.7. The minimum atomic E-state index is -5.22. The van der Waals surface area contributed by atoms with Crippen LogP contribution in [0.1, 0.15) is 17.0 Å². The Morgan fingerprint density at radius 1 is 0.833 bits per heavy atom. The van der Waals surface area contributed by atoms with Crippen molar-refractivity contribution in [1.29, 1.82) is 0 Å². The number of anilines is 1. The highest BCUT2D eigenvalue weighted by molar-refractivity contribution is 7.92. The summed E-state index contributed by atoms with van der Waals surface area (Å²) >= 11 is 0. The molecule has 0 amide bonds. The van der Waals surface area contributed by atoms with Crippen LogP contribution in [0, 0.1) is 6.92 Å². The summed E-state index contributed by atoms with van der Waals surface area (Å²) in [6, 6.07) is 11.9. The number of halogens is 6. The Hall–Kier alpha value is -3.87. The van der Waals surface area contributed by atoms with Crippen molar-refractivity contribution in [3.05, 3.63) is 94.0 Å². The molecule has 0 atom stereocenters. The molecule has 0 saturated carbocycles. The second-order valence-corrected chi connectivity index (χ2v) is 9.40. The largest absolute Gasteiger partial charge is 0.416 e. The Bertz CT molecular complexity index is 1610. The molecule has 1 heterocycles. The van der Waals surface area contributed by atoms with E-state index in [9.17, 15) is 39.6 Å². The van der Waals surface area contributed by atoms with Gasteiger partial charge in [-0.1, -0.05) is 18.2 Å². The number of nitrogens with one attached hydrogen (secondary N) is 1. The lowest BCUT2D eigenvalue weighted by Gasteiger charge is -2.16. The molecule has 13 heteroatoms. The molecule has 0 radical (unpaired) electrons. The third-order valence-corrected chi connectivity index (χ3v) is 6.53. The van der Waals surface area contributed by atoms with E-state index >= 15 is 0 Å². The van der Waals surface area contributed by atoms with E-state index in [0.717, 1.165) is 0 Å². The van der Waals surface area contributed by atoms with Gasteiger partial charge in [-0.25, -0.2) is 13.4 Å². The molecule has 1 aromatic heterocycles. The van der Waals surface area contributed by atoms with E-state index in [1.807, 2.05) is 4.72 Å². The number of para-hydroxylation sites is 1. The fourth-order valence-corrected chi connectivity index (χ4v) is 4.67. The van der Waals surface area contributed by atoms with Gasteiger partial charge in [-0.05, 0) is 55.5 Å². The van der Waals surface area contributed by atoms with Crippen molar-refractivity contribution in [1.82, 2.24) is 9.55 Å². The number of rotatable bonds is 4. The number of hydrogen-bond donors (Lipinski definition) is 1. The molecule has 0 aliphatic heterocycles. The van der Waals surface area contributed by atoms with Crippen molar-refractivity contribution in [2.24, 2.45) is 0 Å². The number of sulfonamides is 1. The highest BCUT2D eigenvalue weighted by Gasteiger charge is 2.38. The zero-order valence-electron chi connectivity index (χ0n) is 18.1. The Morgan fingerprint density at radius 3 is 2.06 bits per heavy atom. The molecular weight excluding hydrogens is 512 g/mol. The van der Waals surface area contributed by atoms with Crippen molar-refractivity contribution < 1.29 is 34.8 Å². The molecule has 0 fully saturated rings. The first-order valence-electron chi connectivity index (χ1n) is 10.1. The summed E-state index contributed by atoms with van der Waals surface area (Å²) in [4.78, 5) is 16.1. The summed E-state index contributed by atoms with van der Waals surface area (Å²) in [6.07, 6.45) is -10.4. The van der Waals surface area contributed by atoms with Gasteiger partial charge in [0.15, 0.2) is 0 Å². The predicted octanol–water partition coefficient (Wildman–Crippen LogP) is 5.53. The minimum absolute atomic E-state index is 0.114. The normalized spacial score (nSPS) is 12.6. The highest BCUT2D eigenvalue weighted by Crippen LogP contribution is 2.37. The molecule has 4 aromatic rings. The van der Waals surface area contributed by atoms with E-state index in [4.69, 9.17) is 0 Å². The smallest absolute Gasteiger partial charge is 0.280 e. The van der Waals surface area contributed by atoms with Crippen LogP contribution in [0.5, 0.6) is 0 Å². The Kier molecular flexibility index (Phi) is 6.07. The lowest BCUT2D eigenvalue weighted by Crippen LogP contribution is -2.22. The second kappa shape index (κ2) is 8.66. The van der Waals surface area contributed by atoms with Gasteiger partial charge in [0, 0.05) is 0 Å². The SMILES string of the molecule is Cc1nc2ccccc2c(=O)n1-c1cccc(NS(=O)(=O)c2cc(C(F)(F)F)cc(C(F)(F)F)c2)c1. The molecule has 0 bridgehead atoms. The van der Waals surface area contributed by atoms with E-state index in [2.05, 4.69) is 4.98 Å². The van der Waals surface area contributed by atoms with Crippen LogP contribution in [-0.2, 0) is 22.4 Å². The summed E-state index contributed by atoms with van der Waals surface area (Å²) in [5, 5.41) is 0.290. The van der Waals surface area contributed by atoms with Crippen molar-refractivity contribution in [3.63, 3.8) is 0 Å². The van der Waals surface area contributed by atoms with Crippen LogP contribution in [-0.4, -0.2) is 18.0 Å². The standard InChI is InChI=1S/C23H15F6N3O3S/c1-13-30-20-8-3-2-7-19(20)21(33)32(13)17-6-4-5-16(12-17)31-36(34,35)18-10-14(22(24,25)26)9-15(11-18)23(27,28)29/h2-12,31H,1H3. The summed E-state index contributed by atoms with van der Waals surface area (Å²) < 4.78 is 108. The molecule has 6 nitrogen and oxygen atoms in total. The van der Waals surface area contributed by atoms with Crippen LogP contribution in [0.25, 0.3) is 16.6 Å². The van der Waals surface area contributed by atoms with Gasteiger partial charge in [-0.2, -0.15) is 26.3 Å². The zero-order valence-corrected chi connectivity index (χ0v) is 19.0. The number of benzene rings is 3. The molecule has 0 saturated heterocycles. The van der Waals surface area contributed by atoms with Crippen molar-refractivity contribution >= 4 is 26.6 Å². The highest BCUT2D eigenvalue weighted by atomic mass is 32.2. The summed E-state index contributed by atoms with van der Waals surface area (Å²) in [7, 11) is -4.89. The molecule has 4 rings (SSSR count). The van der Waals surface area contributed by atoms with Crippen LogP contribution < -0.4 is 10.3 Å². The zero-order chi connectivity index (χ0) is 26.5. The van der Waals surface area contributed by atoms with Crippen LogP contribution >= 0.6 is 0 Å². The first kappa shape index (κ1) is 25.2. The molecule has 1 N–H and O–H groups in total. The average Bonchev–Trinajstić information content (AvgIpc) is 2.77. The maximum absolute atomic E-state index is 13.2. The Balaban J connectivity index is 1.78. The second-order valence-electron chi connectivity index (χ2n) is 7.71. The number of nitrogens with zero attached hydrogens (tertiary/aromatic N) is 2. The lowest BCUT2D eigenvalue weighted by atomic mass is 10.1. The molecule has 188 valence electrons. The monoisotopic (exact) mass is 527 g/mol. The predicted molar refractivity (Wildman–Crippen MR) is 119 cm³/mol. The molecule has 0 unspecified atom stereocenters. The van der Waals surface area contributed by atoms with Crippen LogP contribution in [0.15, 0.2) is 76.4 Å². The molecule has 0 aliphatic rings. The van der Waals surface area contributed by atoms with E-state index in [1.54, 1.807) is 31.2 Å². The van der Waals surface area contributed by atoms with Gasteiger partial charge in [-0.3, -0.25) is 14.1 Å². The third kappa shape index (κ3) is 4.91. The number of fused-ring (bicyclic) bond motifs is 1. The fraction of sp³-hybridized carbons (Fsp3) is 0.130. The summed E-state index contributed by atoms with van der Waals surface area (Å²) in [5.41, 5.74) is -3.57. The van der Waals surface area contributed by atoms with Crippen LogP contribution in [0.4, 0.5) is 32.0 Å². The first-order valence-corrected chi connectivity index (χ1v) is 11.6. The van der Waals surface area contributed by atoms with Gasteiger partial charge < -0.3 is 0 Å². The molecular formula is C23H15F6N3O3S.